The number of rotatable bonds is 8. The van der Waals surface area contributed by atoms with Crippen LogP contribution < -0.4 is 4.74 Å². The normalized spacial score (nSPS) is 26.3. The average molecular weight is 1170 g/mol. The quantitative estimate of drug-likeness (QED) is 0.112. The topological polar surface area (TPSA) is 48.2 Å². The molecule has 6 atom stereocenters. The van der Waals surface area contributed by atoms with Gasteiger partial charge in [0.25, 0.3) is 0 Å². The van der Waals surface area contributed by atoms with Crippen molar-refractivity contribution in [2.45, 2.75) is 132 Å². The van der Waals surface area contributed by atoms with Crippen LogP contribution in [-0.4, -0.2) is 9.97 Å². The summed E-state index contributed by atoms with van der Waals surface area (Å²) in [4.78, 5) is 9.62. The van der Waals surface area contributed by atoms with Crippen molar-refractivity contribution in [1.82, 2.24) is 9.97 Å². The monoisotopic (exact) mass is 1170 g/mol. The van der Waals surface area contributed by atoms with E-state index in [1.54, 1.807) is 30.3 Å². The Morgan fingerprint density at radius 2 is 1.45 bits per heavy atom. The average Bonchev–Trinajstić information content (AvgIpc) is 3.49. The van der Waals surface area contributed by atoms with Gasteiger partial charge in [-0.25, -0.2) is 0 Å². The van der Waals surface area contributed by atoms with Crippen LogP contribution in [0, 0.1) is 80.0 Å². The summed E-state index contributed by atoms with van der Waals surface area (Å²) in [5, 5.41) is 5.57. The number of aryl methyl sites for hydroxylation is 3. The predicted molar refractivity (Wildman–Crippen MR) is 303 cm³/mol. The van der Waals surface area contributed by atoms with E-state index in [4.69, 9.17) is 26.5 Å². The smallest absolute Gasteiger partial charge is 0.500 e. The molecular weight excluding hydrogens is 1080 g/mol. The van der Waals surface area contributed by atoms with Crippen LogP contribution in [0.15, 0.2) is 120 Å². The van der Waals surface area contributed by atoms with Gasteiger partial charge >= 0.3 is 21.1 Å². The van der Waals surface area contributed by atoms with Crippen LogP contribution in [0.5, 0.6) is 11.5 Å². The minimum Gasteiger partial charge on any atom is -0.500 e. The van der Waals surface area contributed by atoms with Crippen molar-refractivity contribution in [3.63, 3.8) is 0 Å². The van der Waals surface area contributed by atoms with Gasteiger partial charge in [0, 0.05) is 48.4 Å². The Morgan fingerprint density at radius 1 is 0.689 bits per heavy atom. The number of hydrogen-bond acceptors (Lipinski definition) is 4. The minimum atomic E-state index is -2.81. The maximum Gasteiger partial charge on any atom is 2.00 e. The van der Waals surface area contributed by atoms with Gasteiger partial charge in [0.05, 0.1) is 5.58 Å². The summed E-state index contributed by atoms with van der Waals surface area (Å²) >= 11 is 0. The van der Waals surface area contributed by atoms with Gasteiger partial charge in [0.2, 0.25) is 0 Å². The summed E-state index contributed by atoms with van der Waals surface area (Å²) < 4.78 is 100. The largest absolute Gasteiger partial charge is 2.00 e. The molecule has 0 N–H and O–H groups in total. The molecule has 0 saturated heterocycles. The van der Waals surface area contributed by atoms with Crippen LogP contribution in [0.1, 0.15) is 146 Å². The Kier molecular flexibility index (Phi) is 10.7. The fraction of sp³-hybridized carbons (Fsp3) is 0.391. The maximum absolute atomic E-state index is 9.66. The third kappa shape index (κ3) is 9.24. The van der Waals surface area contributed by atoms with Crippen molar-refractivity contribution >= 4 is 43.5 Å². The Morgan fingerprint density at radius 3 is 2.23 bits per heavy atom. The van der Waals surface area contributed by atoms with Crippen molar-refractivity contribution in [2.24, 2.45) is 40.4 Å². The van der Waals surface area contributed by atoms with Crippen molar-refractivity contribution < 1.29 is 43.9 Å². The number of benzene rings is 6. The standard InChI is InChI=1S/C69H72N2O2.Pt/c1-41-32-62(70-39-44(41)4)52-33-58(48-15-11-10-12-16-48)46(6)64(34-52)72-53-35-59-56-23-21-50-20-19-49-17-13-14-18-55(49)65(50)67(56)73-66(59)60(36-53)63-37-57(45(5)40-71-63)54-27-30-69(9,38-43(54)3)61-24-22-51(31-42(61)2)47-25-28-68(7,8)29-26-47;/h10-21,23,32-33,35,37,39-40,42-43,47,51,54,61H,22,24-31,38H2,1-9H3;/q-2;+2/i1D3,4D3,6D3,47D;. The van der Waals surface area contributed by atoms with Crippen LogP contribution in [0.4, 0.5) is 0 Å². The van der Waals surface area contributed by atoms with Gasteiger partial charge in [-0.15, -0.1) is 11.6 Å². The van der Waals surface area contributed by atoms with Gasteiger partial charge in [-0.1, -0.05) is 178 Å². The maximum atomic E-state index is 9.66. The molecule has 3 aliphatic rings. The third-order valence-electron chi connectivity index (χ3n) is 18.1. The van der Waals surface area contributed by atoms with Crippen LogP contribution in [0.25, 0.3) is 77.1 Å². The second-order valence-corrected chi connectivity index (χ2v) is 23.4. The fourth-order valence-electron chi connectivity index (χ4n) is 14.0. The molecule has 380 valence electrons. The molecule has 12 rings (SSSR count). The molecule has 0 bridgehead atoms. The third-order valence-corrected chi connectivity index (χ3v) is 18.1. The SMILES string of the molecule is [2H]C([2H])([2H])c1cnc(-c2[c-]c(Oc3[c-]c(-c4cc(C5CCC(C)(C6CCC(C7([2H])CCC(C)(C)CC7)CC6C)CC5C)c(C)cn4)c4oc5c(ccc6ccc7ccccc7c65)c4c3)c(C([2H])([2H])[2H])c(-c3ccccc3)c2)cc1C([2H])([2H])[2H].[Pt+2]. The van der Waals surface area contributed by atoms with Gasteiger partial charge in [-0.05, 0) is 181 Å². The number of ether oxygens (including phenoxy) is 1. The number of aromatic nitrogens is 2. The molecule has 3 heterocycles. The molecule has 0 aliphatic heterocycles. The first-order chi connectivity index (χ1) is 39.2. The summed E-state index contributed by atoms with van der Waals surface area (Å²) in [6.45, 7) is 5.99. The van der Waals surface area contributed by atoms with Crippen molar-refractivity contribution in [3.05, 3.63) is 155 Å². The Balaban J connectivity index is 0.00000736. The molecule has 3 saturated carbocycles. The van der Waals surface area contributed by atoms with Crippen LogP contribution in [0.3, 0.4) is 0 Å². The predicted octanol–water partition coefficient (Wildman–Crippen LogP) is 19.5. The fourth-order valence-corrected chi connectivity index (χ4v) is 14.0. The van der Waals surface area contributed by atoms with E-state index in [2.05, 4.69) is 95.1 Å². The van der Waals surface area contributed by atoms with Crippen LogP contribution >= 0.6 is 0 Å². The number of furan rings is 1. The number of fused-ring (bicyclic) bond motifs is 7. The van der Waals surface area contributed by atoms with E-state index in [1.165, 1.54) is 18.1 Å². The first-order valence-electron chi connectivity index (χ1n) is 31.7. The number of nitrogens with zero attached hydrogens (tertiary/aromatic N) is 2. The molecule has 0 amide bonds. The van der Waals surface area contributed by atoms with Gasteiger partial charge < -0.3 is 19.1 Å². The molecule has 74 heavy (non-hydrogen) atoms. The Hall–Kier alpha value is -5.57. The van der Waals surface area contributed by atoms with E-state index >= 15 is 0 Å². The van der Waals surface area contributed by atoms with Crippen LogP contribution in [0.2, 0.25) is 0 Å². The van der Waals surface area contributed by atoms with Crippen molar-refractivity contribution in [2.75, 3.05) is 0 Å². The summed E-state index contributed by atoms with van der Waals surface area (Å²) in [7, 11) is 0. The summed E-state index contributed by atoms with van der Waals surface area (Å²) in [6, 6.07) is 39.1. The summed E-state index contributed by atoms with van der Waals surface area (Å²) in [5.41, 5.74) is 5.40. The van der Waals surface area contributed by atoms with E-state index < -0.39 is 31.7 Å². The van der Waals surface area contributed by atoms with E-state index in [0.29, 0.717) is 62.5 Å². The first kappa shape index (κ1) is 39.8. The summed E-state index contributed by atoms with van der Waals surface area (Å²) in [6.07, 6.45) is 14.1. The molecule has 0 radical (unpaired) electrons. The van der Waals surface area contributed by atoms with Crippen molar-refractivity contribution in [1.29, 1.82) is 0 Å². The van der Waals surface area contributed by atoms with E-state index in [9.17, 15) is 1.37 Å². The van der Waals surface area contributed by atoms with Crippen LogP contribution in [-0.2, 0) is 21.1 Å². The second-order valence-electron chi connectivity index (χ2n) is 23.4. The molecule has 9 aromatic rings. The molecule has 4 nitrogen and oxygen atoms in total. The summed E-state index contributed by atoms with van der Waals surface area (Å²) in [5.74, 6) is 2.02. The molecule has 3 aliphatic carbocycles. The zero-order chi connectivity index (χ0) is 58.8. The minimum absolute atomic E-state index is 0. The number of pyridine rings is 2. The van der Waals surface area contributed by atoms with E-state index in [-0.39, 0.29) is 72.2 Å². The zero-order valence-corrected chi connectivity index (χ0v) is 45.7. The molecular formula is C69H72N2O2Pt. The Bertz CT molecular complexity index is 3970. The first-order valence-corrected chi connectivity index (χ1v) is 26.7. The van der Waals surface area contributed by atoms with Gasteiger partial charge in [-0.2, -0.15) is 0 Å². The van der Waals surface area contributed by atoms with Crippen molar-refractivity contribution in [3.8, 4) is 45.1 Å². The second kappa shape index (κ2) is 19.9. The molecule has 3 fully saturated rings. The van der Waals surface area contributed by atoms with Gasteiger partial charge in [0.15, 0.2) is 0 Å². The molecule has 6 unspecified atom stereocenters. The van der Waals surface area contributed by atoms with E-state index in [0.717, 1.165) is 96.5 Å². The van der Waals surface area contributed by atoms with Gasteiger partial charge in [-0.3, -0.25) is 0 Å². The molecule has 3 aromatic heterocycles. The molecule has 6 aromatic carbocycles. The molecule has 0 spiro atoms. The van der Waals surface area contributed by atoms with Gasteiger partial charge in [0.1, 0.15) is 5.58 Å². The zero-order valence-electron chi connectivity index (χ0n) is 53.5. The van der Waals surface area contributed by atoms with E-state index in [1.807, 2.05) is 36.5 Å². The molecule has 5 heteroatoms. The number of hydrogen-bond donors (Lipinski definition) is 0. The Labute approximate surface area is 468 Å².